The number of anilines is 3. The predicted molar refractivity (Wildman–Crippen MR) is 83.9 cm³/mol. The van der Waals surface area contributed by atoms with Crippen molar-refractivity contribution in [3.8, 4) is 11.5 Å². The van der Waals surface area contributed by atoms with E-state index >= 15 is 0 Å². The molecular formula is C14H10Cl2N4O. The van der Waals surface area contributed by atoms with E-state index in [1.54, 1.807) is 24.3 Å². The zero-order valence-corrected chi connectivity index (χ0v) is 12.2. The van der Waals surface area contributed by atoms with Gasteiger partial charge in [0.15, 0.2) is 0 Å². The summed E-state index contributed by atoms with van der Waals surface area (Å²) in [6.07, 6.45) is 0. The van der Waals surface area contributed by atoms with Crippen LogP contribution in [0.2, 0.25) is 10.0 Å². The lowest BCUT2D eigenvalue weighted by Crippen LogP contribution is -1.90. The van der Waals surface area contributed by atoms with E-state index < -0.39 is 0 Å². The van der Waals surface area contributed by atoms with Crippen LogP contribution in [0, 0.1) is 0 Å². The second-order valence-corrected chi connectivity index (χ2v) is 5.07. The highest BCUT2D eigenvalue weighted by Gasteiger charge is 2.11. The van der Waals surface area contributed by atoms with Crippen LogP contribution in [0.3, 0.4) is 0 Å². The zero-order chi connectivity index (χ0) is 14.8. The fourth-order valence-corrected chi connectivity index (χ4v) is 2.07. The lowest BCUT2D eigenvalue weighted by Gasteiger charge is -2.02. The lowest BCUT2D eigenvalue weighted by atomic mass is 10.2. The van der Waals surface area contributed by atoms with Crippen molar-refractivity contribution in [2.75, 3.05) is 11.1 Å². The Morgan fingerprint density at radius 2 is 1.81 bits per heavy atom. The molecule has 0 amide bonds. The molecule has 0 aliphatic heterocycles. The van der Waals surface area contributed by atoms with Gasteiger partial charge >= 0.3 is 6.01 Å². The molecule has 0 aliphatic carbocycles. The molecule has 21 heavy (non-hydrogen) atoms. The summed E-state index contributed by atoms with van der Waals surface area (Å²) in [6, 6.07) is 12.6. The first-order valence-electron chi connectivity index (χ1n) is 6.04. The molecule has 3 rings (SSSR count). The third-order valence-electron chi connectivity index (χ3n) is 2.79. The molecule has 0 saturated carbocycles. The molecule has 3 aromatic rings. The van der Waals surface area contributed by atoms with E-state index in [1.807, 2.05) is 18.2 Å². The molecule has 0 aliphatic rings. The van der Waals surface area contributed by atoms with Gasteiger partial charge in [0.05, 0.1) is 15.6 Å². The second-order valence-electron chi connectivity index (χ2n) is 4.25. The Morgan fingerprint density at radius 1 is 1.00 bits per heavy atom. The van der Waals surface area contributed by atoms with Gasteiger partial charge in [-0.2, -0.15) is 0 Å². The van der Waals surface area contributed by atoms with E-state index in [0.717, 1.165) is 0 Å². The van der Waals surface area contributed by atoms with E-state index in [2.05, 4.69) is 15.5 Å². The quantitative estimate of drug-likeness (QED) is 0.701. The van der Waals surface area contributed by atoms with Crippen molar-refractivity contribution < 1.29 is 4.42 Å². The number of aromatic nitrogens is 2. The molecule has 1 heterocycles. The number of rotatable bonds is 3. The lowest BCUT2D eigenvalue weighted by molar-refractivity contribution is 0.588. The normalized spacial score (nSPS) is 10.6. The number of para-hydroxylation sites is 1. The number of halogens is 2. The fraction of sp³-hybridized carbons (Fsp3) is 0. The maximum Gasteiger partial charge on any atom is 0.320 e. The highest BCUT2D eigenvalue weighted by Crippen LogP contribution is 2.29. The van der Waals surface area contributed by atoms with Crippen molar-refractivity contribution in [2.45, 2.75) is 0 Å². The van der Waals surface area contributed by atoms with Gasteiger partial charge in [0.25, 0.3) is 5.89 Å². The summed E-state index contributed by atoms with van der Waals surface area (Å²) < 4.78 is 5.54. The largest absolute Gasteiger partial charge is 0.403 e. The molecule has 0 atom stereocenters. The SMILES string of the molecule is Nc1ccccc1-c1nnc(Nc2ccc(Cl)c(Cl)c2)o1. The number of hydrogen-bond acceptors (Lipinski definition) is 5. The van der Waals surface area contributed by atoms with Crippen LogP contribution in [0.25, 0.3) is 11.5 Å². The topological polar surface area (TPSA) is 77.0 Å². The van der Waals surface area contributed by atoms with Gasteiger partial charge in [-0.3, -0.25) is 0 Å². The van der Waals surface area contributed by atoms with Crippen molar-refractivity contribution in [2.24, 2.45) is 0 Å². The minimum Gasteiger partial charge on any atom is -0.403 e. The van der Waals surface area contributed by atoms with Crippen LogP contribution in [0.5, 0.6) is 0 Å². The third-order valence-corrected chi connectivity index (χ3v) is 3.53. The number of nitrogen functional groups attached to an aromatic ring is 1. The number of hydrogen-bond donors (Lipinski definition) is 2. The Kier molecular flexibility index (Phi) is 3.68. The molecule has 3 N–H and O–H groups in total. The van der Waals surface area contributed by atoms with Gasteiger partial charge in [0.2, 0.25) is 0 Å². The first-order chi connectivity index (χ1) is 10.1. The molecule has 106 valence electrons. The van der Waals surface area contributed by atoms with Gasteiger partial charge in [0, 0.05) is 11.4 Å². The average Bonchev–Trinajstić information content (AvgIpc) is 2.92. The van der Waals surface area contributed by atoms with Crippen molar-refractivity contribution in [1.82, 2.24) is 10.2 Å². The Balaban J connectivity index is 1.85. The molecule has 0 bridgehead atoms. The van der Waals surface area contributed by atoms with Crippen LogP contribution < -0.4 is 11.1 Å². The highest BCUT2D eigenvalue weighted by molar-refractivity contribution is 6.42. The van der Waals surface area contributed by atoms with Gasteiger partial charge in [-0.1, -0.05) is 40.4 Å². The van der Waals surface area contributed by atoms with E-state index in [-0.39, 0.29) is 6.01 Å². The number of nitrogens with zero attached hydrogens (tertiary/aromatic N) is 2. The average molecular weight is 321 g/mol. The van der Waals surface area contributed by atoms with Crippen molar-refractivity contribution in [3.05, 3.63) is 52.5 Å². The summed E-state index contributed by atoms with van der Waals surface area (Å²) >= 11 is 11.8. The summed E-state index contributed by atoms with van der Waals surface area (Å²) in [7, 11) is 0. The van der Waals surface area contributed by atoms with E-state index in [1.165, 1.54) is 0 Å². The minimum atomic E-state index is 0.242. The van der Waals surface area contributed by atoms with E-state index in [9.17, 15) is 0 Å². The van der Waals surface area contributed by atoms with Crippen LogP contribution in [0.15, 0.2) is 46.9 Å². The first-order valence-corrected chi connectivity index (χ1v) is 6.79. The number of nitrogens with two attached hydrogens (primary N) is 1. The summed E-state index contributed by atoms with van der Waals surface area (Å²) in [5.41, 5.74) is 7.82. The van der Waals surface area contributed by atoms with Crippen LogP contribution in [-0.4, -0.2) is 10.2 Å². The van der Waals surface area contributed by atoms with Gasteiger partial charge in [-0.15, -0.1) is 5.10 Å². The number of benzene rings is 2. The fourth-order valence-electron chi connectivity index (χ4n) is 1.77. The Labute approximate surface area is 130 Å². The molecule has 0 unspecified atom stereocenters. The molecular weight excluding hydrogens is 311 g/mol. The maximum atomic E-state index is 5.95. The molecule has 0 radical (unpaired) electrons. The summed E-state index contributed by atoms with van der Waals surface area (Å²) in [5, 5.41) is 11.8. The van der Waals surface area contributed by atoms with E-state index in [4.69, 9.17) is 33.4 Å². The third kappa shape index (κ3) is 2.94. The smallest absolute Gasteiger partial charge is 0.320 e. The Hall–Kier alpha value is -2.24. The van der Waals surface area contributed by atoms with Crippen molar-refractivity contribution in [3.63, 3.8) is 0 Å². The summed E-state index contributed by atoms with van der Waals surface area (Å²) in [5.74, 6) is 0.343. The summed E-state index contributed by atoms with van der Waals surface area (Å²) in [4.78, 5) is 0. The van der Waals surface area contributed by atoms with Gasteiger partial charge in [-0.05, 0) is 30.3 Å². The van der Waals surface area contributed by atoms with Gasteiger partial charge in [0.1, 0.15) is 0 Å². The monoisotopic (exact) mass is 320 g/mol. The zero-order valence-electron chi connectivity index (χ0n) is 10.7. The molecule has 0 fully saturated rings. The number of nitrogens with one attached hydrogen (secondary N) is 1. The molecule has 1 aromatic heterocycles. The summed E-state index contributed by atoms with van der Waals surface area (Å²) in [6.45, 7) is 0. The van der Waals surface area contributed by atoms with Crippen molar-refractivity contribution in [1.29, 1.82) is 0 Å². The Bertz CT molecular complexity index is 788. The Morgan fingerprint density at radius 3 is 2.57 bits per heavy atom. The molecule has 2 aromatic carbocycles. The molecule has 5 nitrogen and oxygen atoms in total. The van der Waals surface area contributed by atoms with Crippen molar-refractivity contribution >= 4 is 40.6 Å². The maximum absolute atomic E-state index is 5.95. The highest BCUT2D eigenvalue weighted by atomic mass is 35.5. The molecule has 7 heteroatoms. The predicted octanol–water partition coefficient (Wildman–Crippen LogP) is 4.37. The standard InChI is InChI=1S/C14H10Cl2N4O/c15-10-6-5-8(7-11(10)16)18-14-20-19-13(21-14)9-3-1-2-4-12(9)17/h1-7H,17H2,(H,18,20). The van der Waals surface area contributed by atoms with Gasteiger partial charge < -0.3 is 15.5 Å². The second kappa shape index (κ2) is 5.63. The molecule has 0 spiro atoms. The van der Waals surface area contributed by atoms with Crippen LogP contribution in [0.1, 0.15) is 0 Å². The van der Waals surface area contributed by atoms with Crippen LogP contribution in [-0.2, 0) is 0 Å². The van der Waals surface area contributed by atoms with Gasteiger partial charge in [-0.25, -0.2) is 0 Å². The van der Waals surface area contributed by atoms with E-state index in [0.29, 0.717) is 32.9 Å². The molecule has 0 saturated heterocycles. The van der Waals surface area contributed by atoms with Crippen LogP contribution in [0.4, 0.5) is 17.4 Å². The minimum absolute atomic E-state index is 0.242. The van der Waals surface area contributed by atoms with Crippen LogP contribution >= 0.6 is 23.2 Å². The first kappa shape index (κ1) is 13.7.